The molecule has 1 amide bonds. The van der Waals surface area contributed by atoms with E-state index in [1.807, 2.05) is 0 Å². The lowest BCUT2D eigenvalue weighted by atomic mass is 10.2. The molecule has 8 heteroatoms. The first-order valence-electron chi connectivity index (χ1n) is 7.16. The van der Waals surface area contributed by atoms with Gasteiger partial charge >= 0.3 is 0 Å². The standard InChI is InChI=1S/C17H17Cl2NO5/c1-22-14-6-10(7-15(23-2)17(14)24-3)20-16(21)9-25-11-4-5-12(18)13(19)8-11/h4-8H,9H2,1-3H3,(H,20,21). The summed E-state index contributed by atoms with van der Waals surface area (Å²) in [6.45, 7) is -0.200. The Morgan fingerprint density at radius 1 is 0.960 bits per heavy atom. The molecule has 0 saturated heterocycles. The lowest BCUT2D eigenvalue weighted by Gasteiger charge is -2.14. The first-order valence-corrected chi connectivity index (χ1v) is 7.91. The van der Waals surface area contributed by atoms with Crippen molar-refractivity contribution in [3.8, 4) is 23.0 Å². The van der Waals surface area contributed by atoms with E-state index in [4.69, 9.17) is 42.1 Å². The van der Waals surface area contributed by atoms with Crippen molar-refractivity contribution < 1.29 is 23.7 Å². The molecule has 0 aromatic heterocycles. The molecule has 0 radical (unpaired) electrons. The Hall–Kier alpha value is -2.31. The fourth-order valence-electron chi connectivity index (χ4n) is 2.07. The Bertz CT molecular complexity index is 742. The zero-order valence-electron chi connectivity index (χ0n) is 13.9. The molecule has 0 aliphatic heterocycles. The zero-order chi connectivity index (χ0) is 18.4. The van der Waals surface area contributed by atoms with Gasteiger partial charge in [-0.25, -0.2) is 0 Å². The van der Waals surface area contributed by atoms with Crippen molar-refractivity contribution in [2.24, 2.45) is 0 Å². The maximum absolute atomic E-state index is 12.1. The van der Waals surface area contributed by atoms with E-state index in [9.17, 15) is 4.79 Å². The van der Waals surface area contributed by atoms with Gasteiger partial charge in [-0.2, -0.15) is 0 Å². The summed E-state index contributed by atoms with van der Waals surface area (Å²) in [7, 11) is 4.50. The zero-order valence-corrected chi connectivity index (χ0v) is 15.4. The maximum atomic E-state index is 12.1. The molecule has 0 aliphatic carbocycles. The number of carbonyl (C=O) groups excluding carboxylic acids is 1. The lowest BCUT2D eigenvalue weighted by molar-refractivity contribution is -0.118. The van der Waals surface area contributed by atoms with Gasteiger partial charge in [-0.1, -0.05) is 23.2 Å². The molecule has 6 nitrogen and oxygen atoms in total. The molecular formula is C17H17Cl2NO5. The second-order valence-corrected chi connectivity index (χ2v) is 5.64. The minimum Gasteiger partial charge on any atom is -0.493 e. The molecular weight excluding hydrogens is 369 g/mol. The van der Waals surface area contributed by atoms with Crippen LogP contribution < -0.4 is 24.3 Å². The van der Waals surface area contributed by atoms with Gasteiger partial charge in [-0.3, -0.25) is 4.79 Å². The van der Waals surface area contributed by atoms with Crippen LogP contribution in [0.1, 0.15) is 0 Å². The highest BCUT2D eigenvalue weighted by Crippen LogP contribution is 2.39. The number of amides is 1. The summed E-state index contributed by atoms with van der Waals surface area (Å²) in [5, 5.41) is 3.46. The second-order valence-electron chi connectivity index (χ2n) is 4.83. The third kappa shape index (κ3) is 4.84. The Balaban J connectivity index is 2.05. The van der Waals surface area contributed by atoms with Crippen LogP contribution in [0.3, 0.4) is 0 Å². The molecule has 0 heterocycles. The van der Waals surface area contributed by atoms with Crippen molar-refractivity contribution >= 4 is 34.8 Å². The maximum Gasteiger partial charge on any atom is 0.262 e. The minimum absolute atomic E-state index is 0.200. The van der Waals surface area contributed by atoms with Gasteiger partial charge < -0.3 is 24.3 Å². The van der Waals surface area contributed by atoms with Gasteiger partial charge in [0.1, 0.15) is 5.75 Å². The van der Waals surface area contributed by atoms with Crippen LogP contribution in [0, 0.1) is 0 Å². The van der Waals surface area contributed by atoms with Crippen LogP contribution in [0.2, 0.25) is 10.0 Å². The van der Waals surface area contributed by atoms with Crippen molar-refractivity contribution in [3.63, 3.8) is 0 Å². The summed E-state index contributed by atoms with van der Waals surface area (Å²) in [4.78, 5) is 12.1. The second kappa shape index (κ2) is 8.69. The molecule has 2 aromatic carbocycles. The molecule has 0 atom stereocenters. The third-order valence-electron chi connectivity index (χ3n) is 3.21. The van der Waals surface area contributed by atoms with Crippen LogP contribution >= 0.6 is 23.2 Å². The summed E-state index contributed by atoms with van der Waals surface area (Å²) in [6, 6.07) is 8.00. The SMILES string of the molecule is COc1cc(NC(=O)COc2ccc(Cl)c(Cl)c2)cc(OC)c1OC. The predicted molar refractivity (Wildman–Crippen MR) is 96.7 cm³/mol. The average molecular weight is 386 g/mol. The molecule has 2 rings (SSSR count). The first-order chi connectivity index (χ1) is 12.0. The number of methoxy groups -OCH3 is 3. The van der Waals surface area contributed by atoms with E-state index in [0.717, 1.165) is 0 Å². The number of anilines is 1. The molecule has 0 bridgehead atoms. The smallest absolute Gasteiger partial charge is 0.262 e. The summed E-state index contributed by atoms with van der Waals surface area (Å²) in [5.41, 5.74) is 0.484. The van der Waals surface area contributed by atoms with Gasteiger partial charge in [0.25, 0.3) is 5.91 Å². The molecule has 25 heavy (non-hydrogen) atoms. The van der Waals surface area contributed by atoms with Gasteiger partial charge in [-0.05, 0) is 12.1 Å². The monoisotopic (exact) mass is 385 g/mol. The lowest BCUT2D eigenvalue weighted by Crippen LogP contribution is -2.20. The van der Waals surface area contributed by atoms with Crippen LogP contribution in [-0.2, 0) is 4.79 Å². The largest absolute Gasteiger partial charge is 0.493 e. The first kappa shape index (κ1) is 19.0. The van der Waals surface area contributed by atoms with Gasteiger partial charge in [0.15, 0.2) is 18.1 Å². The van der Waals surface area contributed by atoms with Crippen LogP contribution in [-0.4, -0.2) is 33.8 Å². The molecule has 0 saturated carbocycles. The van der Waals surface area contributed by atoms with E-state index < -0.39 is 0 Å². The van der Waals surface area contributed by atoms with Crippen LogP contribution in [0.25, 0.3) is 0 Å². The summed E-state index contributed by atoms with van der Waals surface area (Å²) < 4.78 is 21.1. The number of carbonyl (C=O) groups is 1. The van der Waals surface area contributed by atoms with Crippen molar-refractivity contribution in [1.82, 2.24) is 0 Å². The van der Waals surface area contributed by atoms with Crippen molar-refractivity contribution in [2.75, 3.05) is 33.3 Å². The number of nitrogens with one attached hydrogen (secondary N) is 1. The van der Waals surface area contributed by atoms with E-state index in [1.54, 1.807) is 24.3 Å². The molecule has 0 fully saturated rings. The van der Waals surface area contributed by atoms with E-state index in [-0.39, 0.29) is 12.5 Å². The fourth-order valence-corrected chi connectivity index (χ4v) is 2.35. The van der Waals surface area contributed by atoms with Gasteiger partial charge in [0, 0.05) is 23.9 Å². The van der Waals surface area contributed by atoms with Crippen molar-refractivity contribution in [3.05, 3.63) is 40.4 Å². The number of hydrogen-bond acceptors (Lipinski definition) is 5. The van der Waals surface area contributed by atoms with Crippen LogP contribution in [0.4, 0.5) is 5.69 Å². The summed E-state index contributed by atoms with van der Waals surface area (Å²) in [6.07, 6.45) is 0. The minimum atomic E-state index is -0.361. The number of rotatable bonds is 7. The number of ether oxygens (including phenoxy) is 4. The summed E-state index contributed by atoms with van der Waals surface area (Å²) >= 11 is 11.7. The van der Waals surface area contributed by atoms with Crippen molar-refractivity contribution in [1.29, 1.82) is 0 Å². The highest BCUT2D eigenvalue weighted by molar-refractivity contribution is 6.42. The highest BCUT2D eigenvalue weighted by Gasteiger charge is 2.14. The number of benzene rings is 2. The van der Waals surface area contributed by atoms with Crippen LogP contribution in [0.5, 0.6) is 23.0 Å². The Labute approximate surface area is 155 Å². The molecule has 0 aliphatic rings. The van der Waals surface area contributed by atoms with Crippen molar-refractivity contribution in [2.45, 2.75) is 0 Å². The molecule has 0 unspecified atom stereocenters. The Morgan fingerprint density at radius 3 is 2.12 bits per heavy atom. The molecule has 0 spiro atoms. The Morgan fingerprint density at radius 2 is 1.60 bits per heavy atom. The topological polar surface area (TPSA) is 66.0 Å². The third-order valence-corrected chi connectivity index (χ3v) is 3.95. The molecule has 2 aromatic rings. The van der Waals surface area contributed by atoms with E-state index in [2.05, 4.69) is 5.32 Å². The van der Waals surface area contributed by atoms with Gasteiger partial charge in [0.05, 0.1) is 31.4 Å². The van der Waals surface area contributed by atoms with E-state index >= 15 is 0 Å². The Kier molecular flexibility index (Phi) is 6.61. The predicted octanol–water partition coefficient (Wildman–Crippen LogP) is 4.04. The molecule has 1 N–H and O–H groups in total. The fraction of sp³-hybridized carbons (Fsp3) is 0.235. The number of hydrogen-bond donors (Lipinski definition) is 1. The highest BCUT2D eigenvalue weighted by atomic mass is 35.5. The summed E-state index contributed by atoms with van der Waals surface area (Å²) in [5.74, 6) is 1.38. The van der Waals surface area contributed by atoms with Gasteiger partial charge in [0.2, 0.25) is 5.75 Å². The quantitative estimate of drug-likeness (QED) is 0.778. The van der Waals surface area contributed by atoms with Crippen LogP contribution in [0.15, 0.2) is 30.3 Å². The number of halogens is 2. The van der Waals surface area contributed by atoms with E-state index in [1.165, 1.54) is 27.4 Å². The average Bonchev–Trinajstić information content (AvgIpc) is 2.61. The normalized spacial score (nSPS) is 10.1. The van der Waals surface area contributed by atoms with E-state index in [0.29, 0.717) is 38.7 Å². The van der Waals surface area contributed by atoms with Gasteiger partial charge in [-0.15, -0.1) is 0 Å². The molecule has 134 valence electrons.